The molecule has 1 rings (SSSR count). The average molecular weight is 305 g/mol. The molecular formula is C14H27NO4S. The standard InChI is InChI=1S/C14H27NO4S/c1-7-10(4)11-8-12(14(16)19-6)15(5)13(11)20(17,18)9(2)3/h9-13H,7-8H2,1-6H3. The van der Waals surface area contributed by atoms with E-state index >= 15 is 0 Å². The van der Waals surface area contributed by atoms with Crippen molar-refractivity contribution in [3.8, 4) is 0 Å². The quantitative estimate of drug-likeness (QED) is 0.723. The zero-order chi connectivity index (χ0) is 15.7. The first kappa shape index (κ1) is 17.4. The van der Waals surface area contributed by atoms with Crippen LogP contribution < -0.4 is 0 Å². The van der Waals surface area contributed by atoms with Crippen LogP contribution in [0.15, 0.2) is 0 Å². The van der Waals surface area contributed by atoms with E-state index in [1.807, 2.05) is 0 Å². The van der Waals surface area contributed by atoms with Crippen molar-refractivity contribution in [3.05, 3.63) is 0 Å². The minimum atomic E-state index is -3.29. The van der Waals surface area contributed by atoms with Crippen molar-refractivity contribution in [1.82, 2.24) is 4.90 Å². The molecule has 0 spiro atoms. The number of rotatable bonds is 5. The fraction of sp³-hybridized carbons (Fsp3) is 0.929. The monoisotopic (exact) mass is 305 g/mol. The molecular weight excluding hydrogens is 278 g/mol. The molecule has 20 heavy (non-hydrogen) atoms. The van der Waals surface area contributed by atoms with Crippen molar-refractivity contribution in [1.29, 1.82) is 0 Å². The molecule has 0 aromatic rings. The zero-order valence-corrected chi connectivity index (χ0v) is 14.1. The van der Waals surface area contributed by atoms with Gasteiger partial charge < -0.3 is 4.74 Å². The highest BCUT2D eigenvalue weighted by molar-refractivity contribution is 7.92. The smallest absolute Gasteiger partial charge is 0.323 e. The molecule has 4 unspecified atom stereocenters. The molecule has 118 valence electrons. The highest BCUT2D eigenvalue weighted by Gasteiger charge is 2.51. The van der Waals surface area contributed by atoms with Gasteiger partial charge in [-0.05, 0) is 39.2 Å². The first-order chi connectivity index (χ1) is 9.18. The maximum atomic E-state index is 12.6. The molecule has 0 saturated carbocycles. The van der Waals surface area contributed by atoms with E-state index in [2.05, 4.69) is 13.8 Å². The molecule has 0 radical (unpaired) electrons. The lowest BCUT2D eigenvalue weighted by Gasteiger charge is -2.30. The third-order valence-electron chi connectivity index (χ3n) is 4.60. The van der Waals surface area contributed by atoms with Crippen LogP contribution in [0.4, 0.5) is 0 Å². The number of likely N-dealkylation sites (tertiary alicyclic amines) is 1. The second-order valence-electron chi connectivity index (χ2n) is 6.02. The average Bonchev–Trinajstić information content (AvgIpc) is 2.74. The highest BCUT2D eigenvalue weighted by Crippen LogP contribution is 2.39. The summed E-state index contributed by atoms with van der Waals surface area (Å²) in [5.41, 5.74) is 0. The van der Waals surface area contributed by atoms with Crippen LogP contribution >= 0.6 is 0 Å². The van der Waals surface area contributed by atoms with Gasteiger partial charge in [0.1, 0.15) is 11.4 Å². The fourth-order valence-electron chi connectivity index (χ4n) is 2.99. The van der Waals surface area contributed by atoms with E-state index < -0.39 is 26.5 Å². The fourth-order valence-corrected chi connectivity index (χ4v) is 5.02. The number of esters is 1. The topological polar surface area (TPSA) is 63.7 Å². The molecule has 1 saturated heterocycles. The normalized spacial score (nSPS) is 29.6. The third kappa shape index (κ3) is 3.01. The molecule has 1 fully saturated rings. The maximum absolute atomic E-state index is 12.6. The molecule has 1 aliphatic heterocycles. The third-order valence-corrected chi connectivity index (χ3v) is 7.27. The van der Waals surface area contributed by atoms with Gasteiger partial charge in [0, 0.05) is 0 Å². The summed E-state index contributed by atoms with van der Waals surface area (Å²) in [7, 11) is -0.224. The first-order valence-corrected chi connectivity index (χ1v) is 8.81. The van der Waals surface area contributed by atoms with Gasteiger partial charge in [-0.25, -0.2) is 8.42 Å². The van der Waals surface area contributed by atoms with Gasteiger partial charge >= 0.3 is 5.97 Å². The molecule has 4 atom stereocenters. The molecule has 0 aromatic heterocycles. The predicted molar refractivity (Wildman–Crippen MR) is 79.0 cm³/mol. The highest BCUT2D eigenvalue weighted by atomic mass is 32.2. The second kappa shape index (κ2) is 6.43. The van der Waals surface area contributed by atoms with Gasteiger partial charge in [0.2, 0.25) is 0 Å². The van der Waals surface area contributed by atoms with E-state index in [1.54, 1.807) is 25.8 Å². The Hall–Kier alpha value is -0.620. The lowest BCUT2D eigenvalue weighted by molar-refractivity contribution is -0.145. The van der Waals surface area contributed by atoms with Gasteiger partial charge in [0.15, 0.2) is 9.84 Å². The SMILES string of the molecule is CCC(C)C1CC(C(=O)OC)N(C)C1S(=O)(=O)C(C)C. The van der Waals surface area contributed by atoms with E-state index in [4.69, 9.17) is 4.74 Å². The van der Waals surface area contributed by atoms with E-state index in [0.29, 0.717) is 6.42 Å². The zero-order valence-electron chi connectivity index (χ0n) is 13.3. The van der Waals surface area contributed by atoms with Crippen LogP contribution in [-0.2, 0) is 19.4 Å². The van der Waals surface area contributed by atoms with Crippen LogP contribution in [0.1, 0.15) is 40.5 Å². The van der Waals surface area contributed by atoms with Crippen molar-refractivity contribution in [2.45, 2.75) is 57.2 Å². The van der Waals surface area contributed by atoms with Gasteiger partial charge in [-0.2, -0.15) is 0 Å². The number of hydrogen-bond donors (Lipinski definition) is 0. The van der Waals surface area contributed by atoms with Gasteiger partial charge in [-0.3, -0.25) is 9.69 Å². The number of carbonyl (C=O) groups is 1. The van der Waals surface area contributed by atoms with Crippen LogP contribution in [-0.4, -0.2) is 50.1 Å². The molecule has 5 nitrogen and oxygen atoms in total. The summed E-state index contributed by atoms with van der Waals surface area (Å²) in [6.45, 7) is 7.50. The number of sulfone groups is 1. The van der Waals surface area contributed by atoms with Crippen molar-refractivity contribution in [2.24, 2.45) is 11.8 Å². The number of carbonyl (C=O) groups excluding carboxylic acids is 1. The van der Waals surface area contributed by atoms with Crippen LogP contribution in [0.25, 0.3) is 0 Å². The second-order valence-corrected chi connectivity index (χ2v) is 8.62. The predicted octanol–water partition coefficient (Wildman–Crippen LogP) is 1.68. The molecule has 6 heteroatoms. The number of methoxy groups -OCH3 is 1. The lowest BCUT2D eigenvalue weighted by atomic mass is 9.89. The number of nitrogens with zero attached hydrogens (tertiary/aromatic N) is 1. The Balaban J connectivity index is 3.19. The summed E-state index contributed by atoms with van der Waals surface area (Å²) in [6, 6.07) is -0.461. The van der Waals surface area contributed by atoms with E-state index in [-0.39, 0.29) is 17.8 Å². The Kier molecular flexibility index (Phi) is 5.61. The summed E-state index contributed by atoms with van der Waals surface area (Å²) < 4.78 is 30.1. The maximum Gasteiger partial charge on any atom is 0.323 e. The Morgan fingerprint density at radius 2 is 1.90 bits per heavy atom. The molecule has 0 aromatic carbocycles. The number of hydrogen-bond acceptors (Lipinski definition) is 5. The summed E-state index contributed by atoms with van der Waals surface area (Å²) in [6.07, 6.45) is 1.45. The van der Waals surface area contributed by atoms with Crippen molar-refractivity contribution < 1.29 is 17.9 Å². The van der Waals surface area contributed by atoms with Crippen molar-refractivity contribution in [2.75, 3.05) is 14.2 Å². The molecule has 0 aliphatic carbocycles. The summed E-state index contributed by atoms with van der Waals surface area (Å²) in [5.74, 6) is -0.116. The molecule has 1 aliphatic rings. The summed E-state index contributed by atoms with van der Waals surface area (Å²) in [5, 5.41) is -1.04. The van der Waals surface area contributed by atoms with Crippen LogP contribution in [0.3, 0.4) is 0 Å². The van der Waals surface area contributed by atoms with Crippen LogP contribution in [0.2, 0.25) is 0 Å². The molecule has 0 amide bonds. The molecule has 0 N–H and O–H groups in total. The van der Waals surface area contributed by atoms with Gasteiger partial charge in [0.25, 0.3) is 0 Å². The van der Waals surface area contributed by atoms with Crippen molar-refractivity contribution >= 4 is 15.8 Å². The summed E-state index contributed by atoms with van der Waals surface area (Å²) >= 11 is 0. The van der Waals surface area contributed by atoms with Gasteiger partial charge in [0.05, 0.1) is 12.4 Å². The first-order valence-electron chi connectivity index (χ1n) is 7.20. The Bertz CT molecular complexity index is 446. The lowest BCUT2D eigenvalue weighted by Crippen LogP contribution is -2.46. The van der Waals surface area contributed by atoms with E-state index in [0.717, 1.165) is 6.42 Å². The van der Waals surface area contributed by atoms with Crippen molar-refractivity contribution in [3.63, 3.8) is 0 Å². The molecule has 0 bridgehead atoms. The van der Waals surface area contributed by atoms with Gasteiger partial charge in [-0.1, -0.05) is 20.3 Å². The Morgan fingerprint density at radius 1 is 1.35 bits per heavy atom. The largest absolute Gasteiger partial charge is 0.468 e. The van der Waals surface area contributed by atoms with Gasteiger partial charge in [-0.15, -0.1) is 0 Å². The number of likely N-dealkylation sites (N-methyl/N-ethyl adjacent to an activating group) is 1. The number of ether oxygens (including phenoxy) is 1. The minimum absolute atomic E-state index is 0.0264. The Morgan fingerprint density at radius 3 is 2.30 bits per heavy atom. The molecule has 1 heterocycles. The van der Waals surface area contributed by atoms with Crippen LogP contribution in [0, 0.1) is 11.8 Å². The van der Waals surface area contributed by atoms with E-state index in [9.17, 15) is 13.2 Å². The van der Waals surface area contributed by atoms with E-state index in [1.165, 1.54) is 7.11 Å². The Labute approximate surface area is 122 Å². The van der Waals surface area contributed by atoms with Crippen LogP contribution in [0.5, 0.6) is 0 Å². The minimum Gasteiger partial charge on any atom is -0.468 e. The summed E-state index contributed by atoms with van der Waals surface area (Å²) in [4.78, 5) is 13.6.